The molecule has 120 valence electrons. The minimum atomic E-state index is 0.00633. The molecule has 3 heterocycles. The Bertz CT molecular complexity index is 662. The van der Waals surface area contributed by atoms with E-state index >= 15 is 0 Å². The molecule has 2 fully saturated rings. The Kier molecular flexibility index (Phi) is 4.05. The number of hydrogen-bond donors (Lipinski definition) is 1. The third-order valence-corrected chi connectivity index (χ3v) is 5.32. The molecule has 3 atom stereocenters. The van der Waals surface area contributed by atoms with Crippen molar-refractivity contribution in [1.29, 1.82) is 0 Å². The van der Waals surface area contributed by atoms with E-state index in [1.165, 1.54) is 37.7 Å². The first kappa shape index (κ1) is 14.7. The van der Waals surface area contributed by atoms with E-state index in [1.54, 1.807) is 0 Å². The van der Waals surface area contributed by atoms with Crippen molar-refractivity contribution in [3.8, 4) is 0 Å². The van der Waals surface area contributed by atoms with E-state index in [0.29, 0.717) is 10.8 Å². The molecule has 6 nitrogen and oxygen atoms in total. The van der Waals surface area contributed by atoms with Gasteiger partial charge in [-0.2, -0.15) is 0 Å². The second kappa shape index (κ2) is 6.33. The molecule has 1 aromatic heterocycles. The van der Waals surface area contributed by atoms with Crippen molar-refractivity contribution in [3.63, 3.8) is 0 Å². The average molecular weight is 330 g/mol. The van der Waals surface area contributed by atoms with E-state index in [-0.39, 0.29) is 11.9 Å². The van der Waals surface area contributed by atoms with Gasteiger partial charge in [-0.05, 0) is 61.3 Å². The van der Waals surface area contributed by atoms with Gasteiger partial charge >= 0.3 is 0 Å². The van der Waals surface area contributed by atoms with Crippen molar-refractivity contribution in [1.82, 2.24) is 20.4 Å². The summed E-state index contributed by atoms with van der Waals surface area (Å²) in [5.74, 6) is 0.758. The highest BCUT2D eigenvalue weighted by molar-refractivity contribution is 7.99. The molecule has 1 N–H and O–H groups in total. The van der Waals surface area contributed by atoms with Crippen molar-refractivity contribution in [2.45, 2.75) is 29.0 Å². The maximum atomic E-state index is 12.4. The monoisotopic (exact) mass is 330 g/mol. The molecule has 2 bridgehead atoms. The quantitative estimate of drug-likeness (QED) is 0.925. The number of piperidine rings is 1. The molecule has 0 aliphatic carbocycles. The fraction of sp³-hybridized carbons (Fsp3) is 0.438. The lowest BCUT2D eigenvalue weighted by Crippen LogP contribution is -2.47. The van der Waals surface area contributed by atoms with Gasteiger partial charge in [0.15, 0.2) is 0 Å². The number of carbonyl (C=O) groups is 1. The highest BCUT2D eigenvalue weighted by Crippen LogP contribution is 2.27. The number of carbonyl (C=O) groups excluding carboxylic acids is 1. The summed E-state index contributed by atoms with van der Waals surface area (Å²) < 4.78 is 5.10. The molecule has 0 radical (unpaired) electrons. The predicted octanol–water partition coefficient (Wildman–Crippen LogP) is 2.04. The van der Waals surface area contributed by atoms with E-state index in [9.17, 15) is 4.79 Å². The summed E-state index contributed by atoms with van der Waals surface area (Å²) in [7, 11) is 0. The average Bonchev–Trinajstić information content (AvgIpc) is 3.18. The number of hydrogen-bond acceptors (Lipinski definition) is 6. The van der Waals surface area contributed by atoms with Gasteiger partial charge in [-0.3, -0.25) is 4.79 Å². The molecular formula is C16H18N4O2S. The van der Waals surface area contributed by atoms with Gasteiger partial charge in [0.1, 0.15) is 0 Å². The fourth-order valence-corrected chi connectivity index (χ4v) is 4.07. The first-order chi connectivity index (χ1) is 11.3. The van der Waals surface area contributed by atoms with Crippen LogP contribution >= 0.6 is 11.8 Å². The Morgan fingerprint density at radius 3 is 2.91 bits per heavy atom. The third-order valence-electron chi connectivity index (χ3n) is 4.46. The summed E-state index contributed by atoms with van der Waals surface area (Å²) >= 11 is 1.38. The van der Waals surface area contributed by atoms with Crippen LogP contribution in [0.15, 0.2) is 45.2 Å². The van der Waals surface area contributed by atoms with E-state index in [1.807, 2.05) is 24.3 Å². The number of amides is 1. The van der Waals surface area contributed by atoms with Crippen LogP contribution in [0.1, 0.15) is 23.2 Å². The lowest BCUT2D eigenvalue weighted by atomic mass is 9.96. The lowest BCUT2D eigenvalue weighted by Gasteiger charge is -2.30. The number of nitrogens with one attached hydrogen (secondary N) is 1. The molecule has 2 saturated heterocycles. The molecular weight excluding hydrogens is 312 g/mol. The van der Waals surface area contributed by atoms with Crippen LogP contribution in [-0.4, -0.2) is 46.7 Å². The molecule has 1 amide bonds. The largest absolute Gasteiger partial charge is 0.419 e. The molecule has 1 unspecified atom stereocenters. The van der Waals surface area contributed by atoms with Crippen LogP contribution in [0.3, 0.4) is 0 Å². The highest BCUT2D eigenvalue weighted by atomic mass is 32.2. The first-order valence-corrected chi connectivity index (χ1v) is 8.65. The van der Waals surface area contributed by atoms with Crippen LogP contribution in [0.5, 0.6) is 0 Å². The summed E-state index contributed by atoms with van der Waals surface area (Å²) in [4.78, 5) is 15.8. The summed E-state index contributed by atoms with van der Waals surface area (Å²) in [6.07, 6.45) is 3.68. The number of benzene rings is 1. The summed E-state index contributed by atoms with van der Waals surface area (Å²) in [5, 5.41) is 11.1. The highest BCUT2D eigenvalue weighted by Gasteiger charge is 2.32. The second-order valence-corrected chi connectivity index (χ2v) is 7.18. The maximum absolute atomic E-state index is 12.4. The van der Waals surface area contributed by atoms with Crippen LogP contribution in [-0.2, 0) is 0 Å². The van der Waals surface area contributed by atoms with Crippen molar-refractivity contribution < 1.29 is 9.21 Å². The van der Waals surface area contributed by atoms with E-state index in [4.69, 9.17) is 4.42 Å². The van der Waals surface area contributed by atoms with Crippen molar-refractivity contribution in [2.75, 3.05) is 19.6 Å². The topological polar surface area (TPSA) is 71.3 Å². The zero-order valence-electron chi connectivity index (χ0n) is 12.6. The zero-order valence-corrected chi connectivity index (χ0v) is 13.5. The van der Waals surface area contributed by atoms with E-state index in [0.717, 1.165) is 23.8 Å². The van der Waals surface area contributed by atoms with E-state index < -0.39 is 0 Å². The van der Waals surface area contributed by atoms with Crippen LogP contribution < -0.4 is 5.32 Å². The van der Waals surface area contributed by atoms with Gasteiger partial charge in [0.05, 0.1) is 0 Å². The summed E-state index contributed by atoms with van der Waals surface area (Å²) in [6.45, 7) is 3.36. The molecule has 2 aromatic rings. The molecule has 4 rings (SSSR count). The molecule has 1 aromatic carbocycles. The SMILES string of the molecule is O=C(N[C@@H]1C[C@@H]2CCN(C2)C1)c1ccc(Sc2nnco2)cc1. The predicted molar refractivity (Wildman–Crippen MR) is 85.3 cm³/mol. The molecule has 2 aliphatic rings. The standard InChI is InChI=1S/C16H18N4O2S/c21-15(18-13-7-11-5-6-20(8-11)9-13)12-1-3-14(4-2-12)23-16-19-17-10-22-16/h1-4,10-11,13H,5-9H2,(H,18,21)/t11-,13+/m0/s1. The van der Waals surface area contributed by atoms with Gasteiger partial charge in [0.25, 0.3) is 11.1 Å². The Hall–Kier alpha value is -1.86. The Balaban J connectivity index is 1.36. The number of nitrogens with zero attached hydrogens (tertiary/aromatic N) is 3. The van der Waals surface area contributed by atoms with Gasteiger partial charge in [-0.25, -0.2) is 0 Å². The molecule has 2 aliphatic heterocycles. The molecule has 23 heavy (non-hydrogen) atoms. The van der Waals surface area contributed by atoms with Gasteiger partial charge in [0.2, 0.25) is 6.39 Å². The van der Waals surface area contributed by atoms with Crippen LogP contribution in [0.4, 0.5) is 0 Å². The Morgan fingerprint density at radius 2 is 2.17 bits per heavy atom. The number of rotatable bonds is 4. The van der Waals surface area contributed by atoms with Crippen LogP contribution in [0.2, 0.25) is 0 Å². The van der Waals surface area contributed by atoms with Crippen LogP contribution in [0.25, 0.3) is 0 Å². The second-order valence-electron chi connectivity index (χ2n) is 6.15. The molecule has 0 spiro atoms. The Morgan fingerprint density at radius 1 is 1.30 bits per heavy atom. The van der Waals surface area contributed by atoms with Gasteiger partial charge in [-0.1, -0.05) is 0 Å². The minimum Gasteiger partial charge on any atom is -0.419 e. The number of aromatic nitrogens is 2. The van der Waals surface area contributed by atoms with Crippen molar-refractivity contribution in [2.24, 2.45) is 5.92 Å². The smallest absolute Gasteiger partial charge is 0.281 e. The van der Waals surface area contributed by atoms with E-state index in [2.05, 4.69) is 20.4 Å². The number of fused-ring (bicyclic) bond motifs is 2. The Labute approximate surface area is 138 Å². The third kappa shape index (κ3) is 3.40. The molecule has 7 heteroatoms. The summed E-state index contributed by atoms with van der Waals surface area (Å²) in [5.41, 5.74) is 0.688. The van der Waals surface area contributed by atoms with Crippen molar-refractivity contribution in [3.05, 3.63) is 36.2 Å². The lowest BCUT2D eigenvalue weighted by molar-refractivity contribution is 0.0909. The van der Waals surface area contributed by atoms with Gasteiger partial charge in [-0.15, -0.1) is 10.2 Å². The maximum Gasteiger partial charge on any atom is 0.281 e. The minimum absolute atomic E-state index is 0.00633. The van der Waals surface area contributed by atoms with Gasteiger partial charge in [0, 0.05) is 29.6 Å². The fourth-order valence-electron chi connectivity index (χ4n) is 3.42. The van der Waals surface area contributed by atoms with Crippen LogP contribution in [0, 0.1) is 5.92 Å². The normalized spacial score (nSPS) is 26.2. The zero-order chi connectivity index (χ0) is 15.6. The first-order valence-electron chi connectivity index (χ1n) is 7.83. The summed E-state index contributed by atoms with van der Waals surface area (Å²) in [6, 6.07) is 7.75. The van der Waals surface area contributed by atoms with Gasteiger partial charge < -0.3 is 14.6 Å². The van der Waals surface area contributed by atoms with Crippen molar-refractivity contribution >= 4 is 17.7 Å². The molecule has 0 saturated carbocycles.